The predicted molar refractivity (Wildman–Crippen MR) is 89.8 cm³/mol. The molecule has 2 amide bonds. The number of hydrogen-bond acceptors (Lipinski definition) is 6. The molecule has 2 aliphatic heterocycles. The van der Waals surface area contributed by atoms with Gasteiger partial charge in [0.2, 0.25) is 5.91 Å². The number of nitrogens with one attached hydrogen (secondary N) is 1. The van der Waals surface area contributed by atoms with Crippen LogP contribution in [-0.4, -0.2) is 70.4 Å². The third-order valence-corrected chi connectivity index (χ3v) is 5.16. The Labute approximate surface area is 143 Å². The molecule has 0 aliphatic carbocycles. The van der Waals surface area contributed by atoms with Gasteiger partial charge in [-0.25, -0.2) is 0 Å². The van der Waals surface area contributed by atoms with Gasteiger partial charge >= 0.3 is 0 Å². The summed E-state index contributed by atoms with van der Waals surface area (Å²) in [5.41, 5.74) is 0.387. The first-order valence-corrected chi connectivity index (χ1v) is 8.85. The SMILES string of the molecule is O=C(c1ccc([N+](=O)[O-])cc1)N1CCN(C(=O)C2CSCN2)CC1. The summed E-state index contributed by atoms with van der Waals surface area (Å²) in [6.45, 7) is 1.98. The molecule has 8 nitrogen and oxygen atoms in total. The zero-order valence-corrected chi connectivity index (χ0v) is 13.8. The molecule has 0 radical (unpaired) electrons. The highest BCUT2D eigenvalue weighted by atomic mass is 32.2. The number of benzene rings is 1. The van der Waals surface area contributed by atoms with Crippen molar-refractivity contribution in [3.05, 3.63) is 39.9 Å². The first-order chi connectivity index (χ1) is 11.6. The van der Waals surface area contributed by atoms with Gasteiger partial charge in [0.15, 0.2) is 0 Å². The second kappa shape index (κ2) is 7.18. The van der Waals surface area contributed by atoms with Crippen molar-refractivity contribution in [1.29, 1.82) is 0 Å². The van der Waals surface area contributed by atoms with Crippen LogP contribution in [0.25, 0.3) is 0 Å². The summed E-state index contributed by atoms with van der Waals surface area (Å²) in [6, 6.07) is 5.48. The Morgan fingerprint density at radius 1 is 1.12 bits per heavy atom. The van der Waals surface area contributed by atoms with Crippen LogP contribution in [0, 0.1) is 10.1 Å². The van der Waals surface area contributed by atoms with Gasteiger partial charge in [0.05, 0.1) is 11.0 Å². The van der Waals surface area contributed by atoms with Crippen molar-refractivity contribution in [2.45, 2.75) is 6.04 Å². The van der Waals surface area contributed by atoms with Gasteiger partial charge in [0.1, 0.15) is 0 Å². The highest BCUT2D eigenvalue weighted by Crippen LogP contribution is 2.16. The lowest BCUT2D eigenvalue weighted by Gasteiger charge is -2.35. The Bertz CT molecular complexity index is 637. The van der Waals surface area contributed by atoms with Gasteiger partial charge in [-0.15, -0.1) is 11.8 Å². The smallest absolute Gasteiger partial charge is 0.269 e. The molecule has 1 unspecified atom stereocenters. The fourth-order valence-corrected chi connectivity index (χ4v) is 3.75. The minimum absolute atomic E-state index is 0.0381. The summed E-state index contributed by atoms with van der Waals surface area (Å²) >= 11 is 1.71. The van der Waals surface area contributed by atoms with E-state index < -0.39 is 4.92 Å². The van der Waals surface area contributed by atoms with Gasteiger partial charge < -0.3 is 9.80 Å². The number of piperazine rings is 1. The number of nitro groups is 1. The lowest BCUT2D eigenvalue weighted by molar-refractivity contribution is -0.384. The minimum Gasteiger partial charge on any atom is -0.338 e. The number of non-ortho nitro benzene ring substituents is 1. The van der Waals surface area contributed by atoms with E-state index >= 15 is 0 Å². The van der Waals surface area contributed by atoms with Crippen molar-refractivity contribution in [3.63, 3.8) is 0 Å². The topological polar surface area (TPSA) is 95.8 Å². The lowest BCUT2D eigenvalue weighted by atomic mass is 10.1. The maximum absolute atomic E-state index is 12.5. The fourth-order valence-electron chi connectivity index (χ4n) is 2.81. The van der Waals surface area contributed by atoms with Crippen LogP contribution in [0.3, 0.4) is 0 Å². The standard InChI is InChI=1S/C15H18N4O4S/c20-14(11-1-3-12(4-2-11)19(22)23)17-5-7-18(8-6-17)15(21)13-9-24-10-16-13/h1-4,13,16H,5-10H2. The summed E-state index contributed by atoms with van der Waals surface area (Å²) in [7, 11) is 0. The Balaban J connectivity index is 1.56. The molecule has 9 heteroatoms. The van der Waals surface area contributed by atoms with E-state index in [1.54, 1.807) is 21.6 Å². The van der Waals surface area contributed by atoms with Crippen molar-refractivity contribution in [1.82, 2.24) is 15.1 Å². The molecule has 24 heavy (non-hydrogen) atoms. The number of carbonyl (C=O) groups is 2. The lowest BCUT2D eigenvalue weighted by Crippen LogP contribution is -2.54. The molecular formula is C15H18N4O4S. The summed E-state index contributed by atoms with van der Waals surface area (Å²) in [5.74, 6) is 1.53. The Morgan fingerprint density at radius 2 is 1.75 bits per heavy atom. The summed E-state index contributed by atoms with van der Waals surface area (Å²) < 4.78 is 0. The second-order valence-electron chi connectivity index (χ2n) is 5.69. The Kier molecular flexibility index (Phi) is 5.00. The number of amides is 2. The number of carbonyl (C=O) groups excluding carboxylic acids is 2. The quantitative estimate of drug-likeness (QED) is 0.631. The van der Waals surface area contributed by atoms with Gasteiger partial charge in [0, 0.05) is 55.5 Å². The van der Waals surface area contributed by atoms with Gasteiger partial charge in [-0.2, -0.15) is 0 Å². The van der Waals surface area contributed by atoms with Crippen LogP contribution in [0.2, 0.25) is 0 Å². The predicted octanol–water partition coefficient (Wildman–Crippen LogP) is 0.542. The number of nitrogens with zero attached hydrogens (tertiary/aromatic N) is 3. The van der Waals surface area contributed by atoms with E-state index in [2.05, 4.69) is 5.32 Å². The van der Waals surface area contributed by atoms with E-state index in [0.717, 1.165) is 11.6 Å². The molecule has 1 aromatic carbocycles. The summed E-state index contributed by atoms with van der Waals surface area (Å²) in [6.07, 6.45) is 0. The number of hydrogen-bond donors (Lipinski definition) is 1. The molecule has 2 heterocycles. The van der Waals surface area contributed by atoms with Crippen molar-refractivity contribution < 1.29 is 14.5 Å². The Hall–Kier alpha value is -2.13. The van der Waals surface area contributed by atoms with Gasteiger partial charge in [-0.1, -0.05) is 0 Å². The number of thioether (sulfide) groups is 1. The fraction of sp³-hybridized carbons (Fsp3) is 0.467. The molecular weight excluding hydrogens is 332 g/mol. The molecule has 1 atom stereocenters. The first-order valence-electron chi connectivity index (χ1n) is 7.70. The molecule has 1 N–H and O–H groups in total. The molecule has 0 spiro atoms. The molecule has 1 aromatic rings. The maximum Gasteiger partial charge on any atom is 0.269 e. The highest BCUT2D eigenvalue weighted by molar-refractivity contribution is 7.99. The van der Waals surface area contributed by atoms with Crippen LogP contribution in [0.1, 0.15) is 10.4 Å². The molecule has 2 aliphatic rings. The average Bonchev–Trinajstić information content (AvgIpc) is 3.15. The van der Waals surface area contributed by atoms with Crippen LogP contribution < -0.4 is 5.32 Å². The average molecular weight is 350 g/mol. The molecule has 2 saturated heterocycles. The van der Waals surface area contributed by atoms with Crippen molar-refractivity contribution in [3.8, 4) is 0 Å². The van der Waals surface area contributed by atoms with Crippen LogP contribution in [0.15, 0.2) is 24.3 Å². The largest absolute Gasteiger partial charge is 0.338 e. The van der Waals surface area contributed by atoms with Gasteiger partial charge in [-0.05, 0) is 12.1 Å². The molecule has 0 saturated carbocycles. The van der Waals surface area contributed by atoms with E-state index in [1.165, 1.54) is 24.3 Å². The zero-order chi connectivity index (χ0) is 17.1. The third kappa shape index (κ3) is 3.51. The van der Waals surface area contributed by atoms with Crippen molar-refractivity contribution >= 4 is 29.3 Å². The third-order valence-electron chi connectivity index (χ3n) is 4.22. The molecule has 2 fully saturated rings. The van der Waals surface area contributed by atoms with Gasteiger partial charge in [0.25, 0.3) is 11.6 Å². The van der Waals surface area contributed by atoms with E-state index in [1.807, 2.05) is 0 Å². The van der Waals surface area contributed by atoms with Gasteiger partial charge in [-0.3, -0.25) is 25.0 Å². The Morgan fingerprint density at radius 3 is 2.29 bits per heavy atom. The normalized spacial score (nSPS) is 20.9. The summed E-state index contributed by atoms with van der Waals surface area (Å²) in [4.78, 5) is 38.4. The minimum atomic E-state index is -0.492. The molecule has 3 rings (SSSR count). The van der Waals surface area contributed by atoms with Crippen LogP contribution in [0.4, 0.5) is 5.69 Å². The van der Waals surface area contributed by atoms with Crippen molar-refractivity contribution in [2.75, 3.05) is 37.8 Å². The van der Waals surface area contributed by atoms with Crippen LogP contribution in [0.5, 0.6) is 0 Å². The monoisotopic (exact) mass is 350 g/mol. The van der Waals surface area contributed by atoms with Crippen molar-refractivity contribution in [2.24, 2.45) is 0 Å². The molecule has 0 aromatic heterocycles. The van der Waals surface area contributed by atoms with E-state index in [0.29, 0.717) is 31.7 Å². The molecule has 128 valence electrons. The summed E-state index contributed by atoms with van der Waals surface area (Å²) in [5, 5.41) is 13.8. The van der Waals surface area contributed by atoms with E-state index in [9.17, 15) is 19.7 Å². The second-order valence-corrected chi connectivity index (χ2v) is 6.72. The zero-order valence-electron chi connectivity index (χ0n) is 13.0. The van der Waals surface area contributed by atoms with E-state index in [-0.39, 0.29) is 23.5 Å². The maximum atomic E-state index is 12.5. The highest BCUT2D eigenvalue weighted by Gasteiger charge is 2.30. The van der Waals surface area contributed by atoms with E-state index in [4.69, 9.17) is 0 Å². The first kappa shape index (κ1) is 16.7. The number of rotatable bonds is 3. The molecule has 0 bridgehead atoms. The van der Waals surface area contributed by atoms with Crippen LogP contribution >= 0.6 is 11.8 Å². The number of nitro benzene ring substituents is 1. The van der Waals surface area contributed by atoms with Crippen LogP contribution in [-0.2, 0) is 4.79 Å².